The maximum Gasteiger partial charge on any atom is 0.306 e. The average molecular weight is 757 g/mol. The first-order valence-corrected chi connectivity index (χ1v) is 22.7. The fourth-order valence-corrected chi connectivity index (χ4v) is 6.28. The Bertz CT molecular complexity index is 964. The third kappa shape index (κ3) is 40.6. The van der Waals surface area contributed by atoms with Gasteiger partial charge in [-0.05, 0) is 38.5 Å². The van der Waals surface area contributed by atoms with Gasteiger partial charge in [-0.1, -0.05) is 211 Å². The van der Waals surface area contributed by atoms with Crippen molar-refractivity contribution < 1.29 is 28.6 Å². The number of rotatable bonds is 40. The van der Waals surface area contributed by atoms with Gasteiger partial charge in [0.2, 0.25) is 0 Å². The van der Waals surface area contributed by atoms with E-state index in [2.05, 4.69) is 32.9 Å². The predicted octanol–water partition coefficient (Wildman–Crippen LogP) is 14.4. The normalized spacial score (nSPS) is 12.4. The van der Waals surface area contributed by atoms with Crippen LogP contribution in [0.5, 0.6) is 0 Å². The van der Waals surface area contributed by atoms with Crippen LogP contribution < -0.4 is 0 Å². The number of esters is 3. The summed E-state index contributed by atoms with van der Waals surface area (Å²) in [5.41, 5.74) is 0. The molecule has 6 heteroatoms. The van der Waals surface area contributed by atoms with Crippen molar-refractivity contribution in [3.05, 3.63) is 48.6 Å². The molecule has 0 N–H and O–H groups in total. The van der Waals surface area contributed by atoms with Gasteiger partial charge in [0.15, 0.2) is 6.10 Å². The van der Waals surface area contributed by atoms with E-state index in [9.17, 15) is 14.4 Å². The van der Waals surface area contributed by atoms with Gasteiger partial charge in [0.25, 0.3) is 0 Å². The Balaban J connectivity index is 4.40. The molecule has 0 fully saturated rings. The lowest BCUT2D eigenvalue weighted by Crippen LogP contribution is -2.30. The fourth-order valence-electron chi connectivity index (χ4n) is 6.28. The van der Waals surface area contributed by atoms with Crippen molar-refractivity contribution in [3.63, 3.8) is 0 Å². The molecule has 0 saturated carbocycles. The minimum atomic E-state index is -0.786. The largest absolute Gasteiger partial charge is 0.462 e. The fraction of sp³-hybridized carbons (Fsp3) is 0.771. The number of carbonyl (C=O) groups is 3. The van der Waals surface area contributed by atoms with Crippen molar-refractivity contribution in [2.24, 2.45) is 0 Å². The highest BCUT2D eigenvalue weighted by atomic mass is 16.6. The zero-order chi connectivity index (χ0) is 39.4. The molecule has 0 heterocycles. The second kappa shape index (κ2) is 43.1. The van der Waals surface area contributed by atoms with Crippen LogP contribution in [0.25, 0.3) is 0 Å². The van der Waals surface area contributed by atoms with Crippen LogP contribution in [0.15, 0.2) is 48.6 Å². The highest BCUT2D eigenvalue weighted by molar-refractivity contribution is 5.71. The summed E-state index contributed by atoms with van der Waals surface area (Å²) < 4.78 is 16.7. The van der Waals surface area contributed by atoms with Gasteiger partial charge >= 0.3 is 17.9 Å². The van der Waals surface area contributed by atoms with E-state index in [0.29, 0.717) is 12.8 Å². The number of unbranched alkanes of at least 4 members (excludes halogenated alkanes) is 24. The molecule has 0 saturated heterocycles. The molecule has 1 atom stereocenters. The molecule has 0 aromatic rings. The van der Waals surface area contributed by atoms with E-state index in [-0.39, 0.29) is 37.5 Å². The van der Waals surface area contributed by atoms with Crippen LogP contribution in [0.3, 0.4) is 0 Å². The smallest absolute Gasteiger partial charge is 0.306 e. The Morgan fingerprint density at radius 1 is 0.389 bits per heavy atom. The maximum atomic E-state index is 12.7. The molecular weight excluding hydrogens is 673 g/mol. The summed E-state index contributed by atoms with van der Waals surface area (Å²) in [6.45, 7) is 6.44. The van der Waals surface area contributed by atoms with Gasteiger partial charge in [0, 0.05) is 19.3 Å². The summed E-state index contributed by atoms with van der Waals surface area (Å²) in [5.74, 6) is -0.927. The van der Waals surface area contributed by atoms with Crippen molar-refractivity contribution in [3.8, 4) is 0 Å². The van der Waals surface area contributed by atoms with Gasteiger partial charge in [-0.3, -0.25) is 14.4 Å². The SMILES string of the molecule is CC\C=C/C=C\C=C/C=C\CCCCCC(=O)OC(COC(=O)CCCCCCCCCCC)COC(=O)CCCCCCCCCCCCCCCC. The minimum Gasteiger partial charge on any atom is -0.462 e. The molecule has 0 aliphatic heterocycles. The summed E-state index contributed by atoms with van der Waals surface area (Å²) in [5, 5.41) is 0. The van der Waals surface area contributed by atoms with Crippen LogP contribution >= 0.6 is 0 Å². The van der Waals surface area contributed by atoms with Crippen LogP contribution in [-0.2, 0) is 28.6 Å². The van der Waals surface area contributed by atoms with Crippen LogP contribution in [0, 0.1) is 0 Å². The number of carbonyl (C=O) groups excluding carboxylic acids is 3. The van der Waals surface area contributed by atoms with E-state index in [0.717, 1.165) is 70.6 Å². The second-order valence-electron chi connectivity index (χ2n) is 15.0. The second-order valence-corrected chi connectivity index (χ2v) is 15.0. The minimum absolute atomic E-state index is 0.0864. The average Bonchev–Trinajstić information content (AvgIpc) is 3.17. The van der Waals surface area contributed by atoms with Crippen LogP contribution in [0.2, 0.25) is 0 Å². The molecule has 0 aliphatic rings. The van der Waals surface area contributed by atoms with E-state index in [4.69, 9.17) is 14.2 Å². The third-order valence-corrected chi connectivity index (χ3v) is 9.69. The molecule has 0 amide bonds. The number of hydrogen-bond donors (Lipinski definition) is 0. The van der Waals surface area contributed by atoms with Crippen molar-refractivity contribution in [2.75, 3.05) is 13.2 Å². The Kier molecular flexibility index (Phi) is 41.0. The highest BCUT2D eigenvalue weighted by Gasteiger charge is 2.19. The van der Waals surface area contributed by atoms with Crippen LogP contribution in [-0.4, -0.2) is 37.2 Å². The quantitative estimate of drug-likeness (QED) is 0.0268. The van der Waals surface area contributed by atoms with Gasteiger partial charge in [-0.25, -0.2) is 0 Å². The number of hydrogen-bond acceptors (Lipinski definition) is 6. The molecule has 6 nitrogen and oxygen atoms in total. The molecular formula is C48H84O6. The molecule has 0 spiro atoms. The maximum absolute atomic E-state index is 12.7. The molecule has 312 valence electrons. The van der Waals surface area contributed by atoms with Crippen molar-refractivity contribution >= 4 is 17.9 Å². The van der Waals surface area contributed by atoms with E-state index in [1.165, 1.54) is 109 Å². The molecule has 0 radical (unpaired) electrons. The Labute approximate surface area is 333 Å². The van der Waals surface area contributed by atoms with Gasteiger partial charge < -0.3 is 14.2 Å². The van der Waals surface area contributed by atoms with E-state index in [1.807, 2.05) is 36.5 Å². The predicted molar refractivity (Wildman–Crippen MR) is 229 cm³/mol. The van der Waals surface area contributed by atoms with E-state index in [1.54, 1.807) is 0 Å². The molecule has 54 heavy (non-hydrogen) atoms. The van der Waals surface area contributed by atoms with Crippen molar-refractivity contribution in [1.82, 2.24) is 0 Å². The van der Waals surface area contributed by atoms with Gasteiger partial charge in [0.05, 0.1) is 0 Å². The van der Waals surface area contributed by atoms with Crippen LogP contribution in [0.1, 0.15) is 220 Å². The third-order valence-electron chi connectivity index (χ3n) is 9.69. The van der Waals surface area contributed by atoms with Gasteiger partial charge in [-0.2, -0.15) is 0 Å². The lowest BCUT2D eigenvalue weighted by atomic mass is 10.0. The topological polar surface area (TPSA) is 78.9 Å². The summed E-state index contributed by atoms with van der Waals surface area (Å²) in [4.78, 5) is 37.7. The highest BCUT2D eigenvalue weighted by Crippen LogP contribution is 2.15. The first kappa shape index (κ1) is 51.4. The zero-order valence-electron chi connectivity index (χ0n) is 35.5. The van der Waals surface area contributed by atoms with E-state index < -0.39 is 6.10 Å². The standard InChI is InChI=1S/C48H84O6/c1-4-7-10-13-16-19-21-23-25-26-29-32-35-38-41-47(50)53-44-45(43-52-46(49)40-37-34-31-28-18-15-12-9-6-3)54-48(51)42-39-36-33-30-27-24-22-20-17-14-11-8-5-2/h8,11,14,17,20,22,24,27,45H,4-7,9-10,12-13,15-16,18-19,21,23,25-26,28-44H2,1-3H3/b11-8-,17-14-,22-20-,27-24-. The lowest BCUT2D eigenvalue weighted by molar-refractivity contribution is -0.167. The zero-order valence-corrected chi connectivity index (χ0v) is 35.5. The molecule has 0 rings (SSSR count). The Hall–Kier alpha value is -2.63. The number of ether oxygens (including phenoxy) is 3. The van der Waals surface area contributed by atoms with Crippen LogP contribution in [0.4, 0.5) is 0 Å². The van der Waals surface area contributed by atoms with Crippen molar-refractivity contribution in [2.45, 2.75) is 226 Å². The van der Waals surface area contributed by atoms with E-state index >= 15 is 0 Å². The van der Waals surface area contributed by atoms with Crippen molar-refractivity contribution in [1.29, 1.82) is 0 Å². The van der Waals surface area contributed by atoms with Gasteiger partial charge in [-0.15, -0.1) is 0 Å². The van der Waals surface area contributed by atoms with Gasteiger partial charge in [0.1, 0.15) is 13.2 Å². The first-order valence-electron chi connectivity index (χ1n) is 22.7. The molecule has 0 aromatic heterocycles. The molecule has 1 unspecified atom stereocenters. The molecule has 0 aliphatic carbocycles. The summed E-state index contributed by atoms with van der Waals surface area (Å²) in [6, 6.07) is 0. The summed E-state index contributed by atoms with van der Waals surface area (Å²) in [7, 11) is 0. The number of allylic oxidation sites excluding steroid dienone is 8. The Morgan fingerprint density at radius 3 is 1.13 bits per heavy atom. The molecule has 0 aromatic carbocycles. The monoisotopic (exact) mass is 757 g/mol. The summed E-state index contributed by atoms with van der Waals surface area (Å²) in [6.07, 6.45) is 49.5. The summed E-state index contributed by atoms with van der Waals surface area (Å²) >= 11 is 0. The lowest BCUT2D eigenvalue weighted by Gasteiger charge is -2.18. The first-order chi connectivity index (χ1) is 26.5. The Morgan fingerprint density at radius 2 is 0.722 bits per heavy atom. The molecule has 0 bridgehead atoms.